The zero-order chi connectivity index (χ0) is 12.1. The highest BCUT2D eigenvalue weighted by molar-refractivity contribution is 5.01. The molecule has 2 aliphatic heterocycles. The number of aryl methyl sites for hydroxylation is 1. The van der Waals surface area contributed by atoms with E-state index in [1.54, 1.807) is 0 Å². The van der Waals surface area contributed by atoms with Crippen molar-refractivity contribution in [3.05, 3.63) is 17.7 Å². The number of aromatic amines is 1. The zero-order valence-corrected chi connectivity index (χ0v) is 11.2. The van der Waals surface area contributed by atoms with Crippen molar-refractivity contribution >= 4 is 0 Å². The van der Waals surface area contributed by atoms with E-state index in [2.05, 4.69) is 21.8 Å². The number of hydrogen-bond acceptors (Lipinski definition) is 2. The number of imidazole rings is 1. The number of hydrogen-bond donors (Lipinski definition) is 1. The number of aromatic nitrogens is 2. The largest absolute Gasteiger partial charge is 0.345 e. The average Bonchev–Trinajstić information content (AvgIpc) is 2.63. The molecule has 3 nitrogen and oxygen atoms in total. The van der Waals surface area contributed by atoms with Crippen LogP contribution in [0.3, 0.4) is 0 Å². The van der Waals surface area contributed by atoms with Gasteiger partial charge in [-0.2, -0.15) is 0 Å². The predicted octanol–water partition coefficient (Wildman–Crippen LogP) is 2.73. The van der Waals surface area contributed by atoms with Crippen molar-refractivity contribution in [3.63, 3.8) is 0 Å². The van der Waals surface area contributed by atoms with E-state index in [1.165, 1.54) is 44.3 Å². The van der Waals surface area contributed by atoms with Gasteiger partial charge in [-0.3, -0.25) is 4.90 Å². The van der Waals surface area contributed by atoms with Gasteiger partial charge < -0.3 is 4.98 Å². The Morgan fingerprint density at radius 3 is 2.56 bits per heavy atom. The van der Waals surface area contributed by atoms with Crippen LogP contribution >= 0.6 is 0 Å². The summed E-state index contributed by atoms with van der Waals surface area (Å²) in [7, 11) is 0. The van der Waals surface area contributed by atoms with Crippen molar-refractivity contribution in [2.75, 3.05) is 6.54 Å². The smallest absolute Gasteiger partial charge is 0.120 e. The third-order valence-electron chi connectivity index (χ3n) is 5.33. The Kier molecular flexibility index (Phi) is 2.51. The minimum atomic E-state index is 0.839. The minimum absolute atomic E-state index is 0.839. The maximum atomic E-state index is 4.49. The molecule has 4 fully saturated rings. The molecule has 1 N–H and O–H groups in total. The lowest BCUT2D eigenvalue weighted by Gasteiger charge is -2.39. The number of nitrogens with zero attached hydrogens (tertiary/aromatic N) is 2. The Morgan fingerprint density at radius 2 is 1.89 bits per heavy atom. The first-order valence-electron chi connectivity index (χ1n) is 7.51. The molecule has 4 bridgehead atoms. The van der Waals surface area contributed by atoms with E-state index in [1.807, 2.05) is 6.20 Å². The second-order valence-electron chi connectivity index (χ2n) is 6.87. The Morgan fingerprint density at radius 1 is 1.17 bits per heavy atom. The van der Waals surface area contributed by atoms with Crippen LogP contribution < -0.4 is 0 Å². The minimum Gasteiger partial charge on any atom is -0.345 e. The van der Waals surface area contributed by atoms with Crippen LogP contribution in [0.5, 0.6) is 0 Å². The summed E-state index contributed by atoms with van der Waals surface area (Å²) in [5, 5.41) is 0. The molecule has 0 aromatic carbocycles. The number of rotatable bonds is 2. The fourth-order valence-electron chi connectivity index (χ4n) is 4.81. The second kappa shape index (κ2) is 4.09. The van der Waals surface area contributed by atoms with Crippen LogP contribution in [0, 0.1) is 24.7 Å². The summed E-state index contributed by atoms with van der Waals surface area (Å²) in [5.41, 5.74) is 1.19. The Labute approximate surface area is 109 Å². The summed E-state index contributed by atoms with van der Waals surface area (Å²) < 4.78 is 0. The number of nitrogens with one attached hydrogen (secondary N) is 1. The van der Waals surface area contributed by atoms with E-state index in [4.69, 9.17) is 0 Å². The van der Waals surface area contributed by atoms with E-state index in [-0.39, 0.29) is 0 Å². The van der Waals surface area contributed by atoms with Crippen molar-refractivity contribution in [3.8, 4) is 0 Å². The van der Waals surface area contributed by atoms with Gasteiger partial charge in [-0.15, -0.1) is 0 Å². The number of H-pyrrole nitrogens is 1. The molecule has 1 aromatic heterocycles. The molecule has 18 heavy (non-hydrogen) atoms. The van der Waals surface area contributed by atoms with Gasteiger partial charge in [0, 0.05) is 24.5 Å². The standard InChI is InChI=1S/C15H23N3/c1-10-7-16-15(17-10)9-18-8-13-3-11-2-12(4-13)6-14(18)5-11/h7,11-14H,2-6,8-9H2,1H3,(H,16,17)/t11-,12+,13?,14?. The van der Waals surface area contributed by atoms with Crippen molar-refractivity contribution in [1.82, 2.24) is 14.9 Å². The molecule has 2 unspecified atom stereocenters. The molecule has 5 rings (SSSR count). The first-order valence-corrected chi connectivity index (χ1v) is 7.51. The van der Waals surface area contributed by atoms with Gasteiger partial charge in [0.25, 0.3) is 0 Å². The normalized spacial score (nSPS) is 39.2. The van der Waals surface area contributed by atoms with Gasteiger partial charge >= 0.3 is 0 Å². The Bertz CT molecular complexity index is 425. The third-order valence-corrected chi connectivity index (χ3v) is 5.33. The van der Waals surface area contributed by atoms with Crippen LogP contribution in [0.4, 0.5) is 0 Å². The van der Waals surface area contributed by atoms with Crippen LogP contribution in [0.15, 0.2) is 6.20 Å². The molecule has 3 heteroatoms. The number of fused-ring (bicyclic) bond motifs is 1. The monoisotopic (exact) mass is 245 g/mol. The van der Waals surface area contributed by atoms with Gasteiger partial charge in [0.2, 0.25) is 0 Å². The quantitative estimate of drug-likeness (QED) is 0.869. The van der Waals surface area contributed by atoms with E-state index >= 15 is 0 Å². The van der Waals surface area contributed by atoms with Crippen LogP contribution in [0.2, 0.25) is 0 Å². The van der Waals surface area contributed by atoms with E-state index < -0.39 is 0 Å². The Balaban J connectivity index is 1.54. The summed E-state index contributed by atoms with van der Waals surface area (Å²) in [6, 6.07) is 0.839. The lowest BCUT2D eigenvalue weighted by molar-refractivity contribution is 0.121. The molecule has 0 radical (unpaired) electrons. The van der Waals surface area contributed by atoms with Gasteiger partial charge in [0.15, 0.2) is 0 Å². The molecular weight excluding hydrogens is 222 g/mol. The SMILES string of the molecule is Cc1cnc(CN2CC3C[C@@H]4CC2C[C@H](C3)C4)[nH]1. The third kappa shape index (κ3) is 1.89. The first-order chi connectivity index (χ1) is 8.76. The lowest BCUT2D eigenvalue weighted by atomic mass is 9.68. The van der Waals surface area contributed by atoms with E-state index in [9.17, 15) is 0 Å². The second-order valence-corrected chi connectivity index (χ2v) is 6.87. The molecule has 4 aliphatic rings. The molecule has 2 aliphatic carbocycles. The predicted molar refractivity (Wildman–Crippen MR) is 71.1 cm³/mol. The maximum absolute atomic E-state index is 4.49. The summed E-state index contributed by atoms with van der Waals surface area (Å²) >= 11 is 0. The molecule has 4 atom stereocenters. The first kappa shape index (κ1) is 11.0. The van der Waals surface area contributed by atoms with Gasteiger partial charge in [-0.1, -0.05) is 0 Å². The van der Waals surface area contributed by atoms with Gasteiger partial charge in [-0.25, -0.2) is 4.98 Å². The van der Waals surface area contributed by atoms with Crippen LogP contribution in [-0.4, -0.2) is 27.5 Å². The molecule has 2 saturated heterocycles. The van der Waals surface area contributed by atoms with Crippen LogP contribution in [-0.2, 0) is 6.54 Å². The fourth-order valence-corrected chi connectivity index (χ4v) is 4.81. The highest BCUT2D eigenvalue weighted by Gasteiger charge is 2.42. The summed E-state index contributed by atoms with van der Waals surface area (Å²) in [6.07, 6.45) is 9.39. The van der Waals surface area contributed by atoms with Crippen molar-refractivity contribution in [1.29, 1.82) is 0 Å². The highest BCUT2D eigenvalue weighted by atomic mass is 15.2. The van der Waals surface area contributed by atoms with Crippen LogP contribution in [0.1, 0.15) is 43.6 Å². The topological polar surface area (TPSA) is 31.9 Å². The molecular formula is C15H23N3. The van der Waals surface area contributed by atoms with Crippen molar-refractivity contribution in [2.24, 2.45) is 17.8 Å². The van der Waals surface area contributed by atoms with Gasteiger partial charge in [0.05, 0.1) is 6.54 Å². The summed E-state index contributed by atoms with van der Waals surface area (Å²) in [4.78, 5) is 10.6. The van der Waals surface area contributed by atoms with Crippen molar-refractivity contribution in [2.45, 2.75) is 51.6 Å². The molecule has 2 saturated carbocycles. The Hall–Kier alpha value is -0.830. The zero-order valence-electron chi connectivity index (χ0n) is 11.2. The average molecular weight is 245 g/mol. The van der Waals surface area contributed by atoms with Crippen LogP contribution in [0.25, 0.3) is 0 Å². The van der Waals surface area contributed by atoms with Gasteiger partial charge in [-0.05, 0) is 56.8 Å². The summed E-state index contributed by atoms with van der Waals surface area (Å²) in [5.74, 6) is 4.21. The molecule has 1 aromatic rings. The summed E-state index contributed by atoms with van der Waals surface area (Å²) in [6.45, 7) is 4.44. The molecule has 0 spiro atoms. The van der Waals surface area contributed by atoms with Gasteiger partial charge in [0.1, 0.15) is 5.82 Å². The molecule has 3 heterocycles. The fraction of sp³-hybridized carbons (Fsp3) is 0.800. The molecule has 0 amide bonds. The molecule has 98 valence electrons. The van der Waals surface area contributed by atoms with E-state index in [0.717, 1.165) is 36.2 Å². The lowest BCUT2D eigenvalue weighted by Crippen LogP contribution is -2.37. The highest BCUT2D eigenvalue weighted by Crippen LogP contribution is 2.47. The van der Waals surface area contributed by atoms with E-state index in [0.29, 0.717) is 0 Å². The van der Waals surface area contributed by atoms with Crippen molar-refractivity contribution < 1.29 is 0 Å². The maximum Gasteiger partial charge on any atom is 0.120 e.